The second kappa shape index (κ2) is 16.0. The van der Waals surface area contributed by atoms with Crippen molar-refractivity contribution >= 4 is 59.3 Å². The average Bonchev–Trinajstić information content (AvgIpc) is 3.94. The van der Waals surface area contributed by atoms with Gasteiger partial charge in [0.05, 0.1) is 16.8 Å². The average molecular weight is 870 g/mol. The van der Waals surface area contributed by atoms with Gasteiger partial charge in [-0.3, -0.25) is 0 Å². The van der Waals surface area contributed by atoms with Gasteiger partial charge in [0, 0.05) is 37.0 Å². The lowest BCUT2D eigenvalue weighted by Crippen LogP contribution is -2.28. The number of para-hydroxylation sites is 1. The molecule has 0 bridgehead atoms. The van der Waals surface area contributed by atoms with Crippen LogP contribution in [0.25, 0.3) is 75.5 Å². The van der Waals surface area contributed by atoms with E-state index in [9.17, 15) is 0 Å². The van der Waals surface area contributed by atoms with Crippen molar-refractivity contribution in [1.82, 2.24) is 0 Å². The molecule has 0 saturated heterocycles. The van der Waals surface area contributed by atoms with E-state index in [1.54, 1.807) is 0 Å². The SMILES string of the molecule is c1ccc(C2(c3ccccc3)c3ccccc3-c3c(N(c4cccc(-c5ccc(-c6cccc7ccccc67)cc5)c4)c4ccccc4-c4cccc5sc6ccccc6c45)cccc32)cc1. The summed E-state index contributed by atoms with van der Waals surface area (Å²) in [6, 6.07) is 96.4. The van der Waals surface area contributed by atoms with Gasteiger partial charge in [0.15, 0.2) is 0 Å². The second-order valence-electron chi connectivity index (χ2n) is 17.5. The third kappa shape index (κ3) is 6.22. The Labute approximate surface area is 395 Å². The third-order valence-electron chi connectivity index (χ3n) is 14.0. The van der Waals surface area contributed by atoms with Crippen molar-refractivity contribution in [3.8, 4) is 44.5 Å². The Balaban J connectivity index is 1.06. The number of hydrogen-bond donors (Lipinski definition) is 0. The maximum absolute atomic E-state index is 2.54. The van der Waals surface area contributed by atoms with E-state index in [0.717, 1.165) is 22.6 Å². The summed E-state index contributed by atoms with van der Waals surface area (Å²) in [6.07, 6.45) is 0. The van der Waals surface area contributed by atoms with E-state index in [2.05, 4.69) is 266 Å². The summed E-state index contributed by atoms with van der Waals surface area (Å²) >= 11 is 1.87. The first-order valence-corrected chi connectivity index (χ1v) is 23.9. The minimum Gasteiger partial charge on any atom is -0.309 e. The summed E-state index contributed by atoms with van der Waals surface area (Å²) in [4.78, 5) is 2.54. The molecule has 0 amide bonds. The molecule has 12 aromatic rings. The van der Waals surface area contributed by atoms with Gasteiger partial charge in [-0.2, -0.15) is 0 Å². The van der Waals surface area contributed by atoms with Gasteiger partial charge in [-0.25, -0.2) is 0 Å². The van der Waals surface area contributed by atoms with Crippen LogP contribution in [0.2, 0.25) is 0 Å². The smallest absolute Gasteiger partial charge is 0.0714 e. The summed E-state index contributed by atoms with van der Waals surface area (Å²) in [7, 11) is 0. The highest BCUT2D eigenvalue weighted by Gasteiger charge is 2.47. The molecule has 0 radical (unpaired) electrons. The summed E-state index contributed by atoms with van der Waals surface area (Å²) in [5.41, 5.74) is 17.6. The van der Waals surface area contributed by atoms with E-state index in [4.69, 9.17) is 0 Å². The lowest BCUT2D eigenvalue weighted by molar-refractivity contribution is 0.768. The molecule has 0 aliphatic heterocycles. The molecule has 11 aromatic carbocycles. The van der Waals surface area contributed by atoms with E-state index in [-0.39, 0.29) is 0 Å². The van der Waals surface area contributed by atoms with Crippen molar-refractivity contribution in [1.29, 1.82) is 0 Å². The van der Waals surface area contributed by atoms with Crippen LogP contribution in [0.1, 0.15) is 22.3 Å². The highest BCUT2D eigenvalue weighted by molar-refractivity contribution is 7.25. The monoisotopic (exact) mass is 869 g/mol. The van der Waals surface area contributed by atoms with E-state index in [0.29, 0.717) is 0 Å². The van der Waals surface area contributed by atoms with Crippen molar-refractivity contribution in [3.05, 3.63) is 283 Å². The van der Waals surface area contributed by atoms with Crippen molar-refractivity contribution in [2.45, 2.75) is 5.41 Å². The van der Waals surface area contributed by atoms with Gasteiger partial charge in [0.1, 0.15) is 0 Å². The first kappa shape index (κ1) is 39.1. The third-order valence-corrected chi connectivity index (χ3v) is 15.1. The fourth-order valence-corrected chi connectivity index (χ4v) is 12.2. The molecule has 2 heteroatoms. The lowest BCUT2D eigenvalue weighted by atomic mass is 9.68. The van der Waals surface area contributed by atoms with Crippen molar-refractivity contribution in [3.63, 3.8) is 0 Å². The molecular weight excluding hydrogens is 827 g/mol. The Kier molecular flexibility index (Phi) is 9.33. The maximum Gasteiger partial charge on any atom is 0.0714 e. The molecule has 1 aromatic heterocycles. The fraction of sp³-hybridized carbons (Fsp3) is 0.0154. The fourth-order valence-electron chi connectivity index (χ4n) is 11.1. The van der Waals surface area contributed by atoms with Crippen LogP contribution in [0.3, 0.4) is 0 Å². The van der Waals surface area contributed by atoms with Gasteiger partial charge in [-0.15, -0.1) is 11.3 Å². The molecule has 67 heavy (non-hydrogen) atoms. The molecule has 1 nitrogen and oxygen atoms in total. The Morgan fingerprint density at radius 1 is 0.328 bits per heavy atom. The Morgan fingerprint density at radius 2 is 0.881 bits per heavy atom. The zero-order valence-corrected chi connectivity index (χ0v) is 37.5. The van der Waals surface area contributed by atoms with Crippen LogP contribution in [0, 0.1) is 0 Å². The number of fused-ring (bicyclic) bond motifs is 7. The normalized spacial score (nSPS) is 12.6. The van der Waals surface area contributed by atoms with Crippen LogP contribution in [-0.4, -0.2) is 0 Å². The van der Waals surface area contributed by atoms with Gasteiger partial charge in [-0.05, 0) is 103 Å². The number of benzene rings is 11. The minimum atomic E-state index is -0.537. The molecule has 1 aliphatic carbocycles. The molecule has 1 aliphatic rings. The van der Waals surface area contributed by atoms with Crippen LogP contribution in [-0.2, 0) is 5.41 Å². The number of hydrogen-bond acceptors (Lipinski definition) is 2. The molecule has 0 atom stereocenters. The van der Waals surface area contributed by atoms with Gasteiger partial charge in [-0.1, -0.05) is 224 Å². The van der Waals surface area contributed by atoms with Gasteiger partial charge < -0.3 is 4.90 Å². The predicted octanol–water partition coefficient (Wildman–Crippen LogP) is 18.0. The summed E-state index contributed by atoms with van der Waals surface area (Å²) < 4.78 is 2.59. The Morgan fingerprint density at radius 3 is 1.70 bits per heavy atom. The molecule has 0 N–H and O–H groups in total. The van der Waals surface area contributed by atoms with Crippen LogP contribution in [0.15, 0.2) is 261 Å². The molecule has 13 rings (SSSR count). The topological polar surface area (TPSA) is 3.24 Å². The van der Waals surface area contributed by atoms with Gasteiger partial charge in [0.2, 0.25) is 0 Å². The molecule has 1 heterocycles. The Hall–Kier alpha value is -8.30. The molecular formula is C65H43NS. The molecule has 0 spiro atoms. The summed E-state index contributed by atoms with van der Waals surface area (Å²) in [5.74, 6) is 0. The summed E-state index contributed by atoms with van der Waals surface area (Å²) in [6.45, 7) is 0. The first-order chi connectivity index (χ1) is 33.3. The molecule has 314 valence electrons. The number of thiophene rings is 1. The lowest BCUT2D eigenvalue weighted by Gasteiger charge is -2.34. The van der Waals surface area contributed by atoms with Gasteiger partial charge >= 0.3 is 0 Å². The molecule has 0 fully saturated rings. The largest absolute Gasteiger partial charge is 0.309 e. The zero-order valence-electron chi connectivity index (χ0n) is 36.7. The van der Waals surface area contributed by atoms with Crippen molar-refractivity contribution < 1.29 is 0 Å². The minimum absolute atomic E-state index is 0.537. The predicted molar refractivity (Wildman–Crippen MR) is 285 cm³/mol. The Bertz CT molecular complexity index is 3760. The summed E-state index contributed by atoms with van der Waals surface area (Å²) in [5, 5.41) is 5.10. The number of rotatable bonds is 8. The quantitative estimate of drug-likeness (QED) is 0.147. The van der Waals surface area contributed by atoms with E-state index < -0.39 is 5.41 Å². The number of nitrogens with zero attached hydrogens (tertiary/aromatic N) is 1. The van der Waals surface area contributed by atoms with Crippen molar-refractivity contribution in [2.24, 2.45) is 0 Å². The van der Waals surface area contributed by atoms with E-state index in [1.807, 2.05) is 11.3 Å². The molecule has 0 saturated carbocycles. The van der Waals surface area contributed by atoms with Crippen LogP contribution >= 0.6 is 11.3 Å². The zero-order chi connectivity index (χ0) is 44.3. The van der Waals surface area contributed by atoms with Gasteiger partial charge in [0.25, 0.3) is 0 Å². The highest BCUT2D eigenvalue weighted by Crippen LogP contribution is 2.60. The van der Waals surface area contributed by atoms with E-state index in [1.165, 1.54) is 92.1 Å². The van der Waals surface area contributed by atoms with Crippen molar-refractivity contribution in [2.75, 3.05) is 4.90 Å². The molecule has 0 unspecified atom stereocenters. The number of anilines is 3. The van der Waals surface area contributed by atoms with Crippen LogP contribution < -0.4 is 4.90 Å². The standard InChI is InChI=1S/C65H43NS/c1-3-22-48(23-4-1)65(49-24-5-2-6-25-49)57-33-12-9-29-55(57)64-58(65)34-18-36-60(64)66(59-35-13-10-28-53(59)54-32-17-38-62-63(54)56-30-11-14-37-61(56)67-62)50-26-15-21-47(43-50)44-39-41-46(42-40-44)52-31-16-20-45-19-7-8-27-51(45)52/h1-43H. The maximum atomic E-state index is 2.54. The second-order valence-corrected chi connectivity index (χ2v) is 18.6. The highest BCUT2D eigenvalue weighted by atomic mass is 32.1. The van der Waals surface area contributed by atoms with E-state index >= 15 is 0 Å². The van der Waals surface area contributed by atoms with Crippen LogP contribution in [0.5, 0.6) is 0 Å². The van der Waals surface area contributed by atoms with Crippen LogP contribution in [0.4, 0.5) is 17.1 Å². The first-order valence-electron chi connectivity index (χ1n) is 23.1.